The number of hydrogen-bond donors (Lipinski definition) is 0. The Kier molecular flexibility index (Phi) is 5.92. The molecular formula is C10H22N2O2S. The summed E-state index contributed by atoms with van der Waals surface area (Å²) in [5.74, 6) is 0. The van der Waals surface area contributed by atoms with Crippen molar-refractivity contribution in [2.75, 3.05) is 26.2 Å². The molecule has 0 unspecified atom stereocenters. The fraction of sp³-hybridized carbons (Fsp3) is 1.00. The minimum absolute atomic E-state index is 0.266. The predicted octanol–water partition coefficient (Wildman–Crippen LogP) is 1.93. The Morgan fingerprint density at radius 3 is 1.93 bits per heavy atom. The summed E-state index contributed by atoms with van der Waals surface area (Å²) >= 11 is 1.52. The SMILES string of the molecule is CC(C)ON1CCN(OSC(C)C)CC1. The minimum atomic E-state index is 0.266. The van der Waals surface area contributed by atoms with Gasteiger partial charge in [0.2, 0.25) is 0 Å². The van der Waals surface area contributed by atoms with E-state index in [0.29, 0.717) is 5.25 Å². The van der Waals surface area contributed by atoms with Gasteiger partial charge in [-0.2, -0.15) is 10.1 Å². The van der Waals surface area contributed by atoms with Gasteiger partial charge in [-0.3, -0.25) is 4.84 Å². The smallest absolute Gasteiger partial charge is 0.0737 e. The highest BCUT2D eigenvalue weighted by Gasteiger charge is 2.19. The van der Waals surface area contributed by atoms with E-state index in [1.807, 2.05) is 10.1 Å². The molecule has 5 heteroatoms. The third-order valence-corrected chi connectivity index (χ3v) is 2.58. The van der Waals surface area contributed by atoms with Crippen molar-refractivity contribution in [2.45, 2.75) is 39.0 Å². The first kappa shape index (κ1) is 13.3. The maximum atomic E-state index is 5.61. The summed E-state index contributed by atoms with van der Waals surface area (Å²) in [6.45, 7) is 12.0. The molecule has 1 aliphatic heterocycles. The zero-order chi connectivity index (χ0) is 11.3. The Balaban J connectivity index is 2.12. The van der Waals surface area contributed by atoms with Gasteiger partial charge in [0.05, 0.1) is 6.10 Å². The molecule has 0 amide bonds. The molecule has 0 radical (unpaired) electrons. The maximum Gasteiger partial charge on any atom is 0.0737 e. The number of rotatable bonds is 5. The highest BCUT2D eigenvalue weighted by Crippen LogP contribution is 2.15. The molecule has 1 rings (SSSR count). The lowest BCUT2D eigenvalue weighted by Gasteiger charge is -2.33. The summed E-state index contributed by atoms with van der Waals surface area (Å²) in [7, 11) is 0. The lowest BCUT2D eigenvalue weighted by atomic mass is 10.4. The van der Waals surface area contributed by atoms with Crippen LogP contribution >= 0.6 is 12.0 Å². The Morgan fingerprint density at radius 1 is 0.933 bits per heavy atom. The van der Waals surface area contributed by atoms with Crippen molar-refractivity contribution in [1.82, 2.24) is 10.1 Å². The van der Waals surface area contributed by atoms with Gasteiger partial charge >= 0.3 is 0 Å². The standard InChI is InChI=1S/C10H22N2O2S/c1-9(2)13-11-5-7-12(8-6-11)14-15-10(3)4/h9-10H,5-8H2,1-4H3. The second-order valence-corrected chi connectivity index (χ2v) is 5.52. The molecule has 0 bridgehead atoms. The van der Waals surface area contributed by atoms with Gasteiger partial charge < -0.3 is 0 Å². The Labute approximate surface area is 97.0 Å². The van der Waals surface area contributed by atoms with Gasteiger partial charge in [0.1, 0.15) is 0 Å². The van der Waals surface area contributed by atoms with Gasteiger partial charge in [0, 0.05) is 43.5 Å². The molecule has 0 atom stereocenters. The Morgan fingerprint density at radius 2 is 1.47 bits per heavy atom. The van der Waals surface area contributed by atoms with Crippen molar-refractivity contribution < 1.29 is 9.12 Å². The molecule has 0 saturated carbocycles. The van der Waals surface area contributed by atoms with E-state index in [9.17, 15) is 0 Å². The molecule has 4 nitrogen and oxygen atoms in total. The van der Waals surface area contributed by atoms with Gasteiger partial charge in [-0.1, -0.05) is 13.8 Å². The molecule has 1 fully saturated rings. The fourth-order valence-electron chi connectivity index (χ4n) is 1.29. The van der Waals surface area contributed by atoms with Crippen LogP contribution in [0.3, 0.4) is 0 Å². The van der Waals surface area contributed by atoms with Crippen LogP contribution in [-0.2, 0) is 9.12 Å². The molecule has 0 aliphatic carbocycles. The lowest BCUT2D eigenvalue weighted by Crippen LogP contribution is -2.46. The third-order valence-electron chi connectivity index (χ3n) is 1.90. The number of nitrogens with zero attached hydrogens (tertiary/aromatic N) is 2. The lowest BCUT2D eigenvalue weighted by molar-refractivity contribution is -0.223. The van der Waals surface area contributed by atoms with Gasteiger partial charge in [-0.15, -0.1) is 0 Å². The zero-order valence-corrected chi connectivity index (χ0v) is 10.9. The molecule has 0 aromatic heterocycles. The quantitative estimate of drug-likeness (QED) is 0.677. The predicted molar refractivity (Wildman–Crippen MR) is 63.2 cm³/mol. The van der Waals surface area contributed by atoms with E-state index in [-0.39, 0.29) is 6.10 Å². The highest BCUT2D eigenvalue weighted by molar-refractivity contribution is 7.95. The van der Waals surface area contributed by atoms with E-state index in [4.69, 9.17) is 9.12 Å². The summed E-state index contributed by atoms with van der Waals surface area (Å²) in [6, 6.07) is 0. The first-order valence-electron chi connectivity index (χ1n) is 5.58. The van der Waals surface area contributed by atoms with Crippen LogP contribution in [0.5, 0.6) is 0 Å². The molecule has 0 N–H and O–H groups in total. The fourth-order valence-corrected chi connectivity index (χ4v) is 1.74. The van der Waals surface area contributed by atoms with E-state index in [1.54, 1.807) is 0 Å². The Bertz CT molecular complexity index is 171. The summed E-state index contributed by atoms with van der Waals surface area (Å²) < 4.78 is 5.57. The molecule has 0 spiro atoms. The molecule has 0 aromatic carbocycles. The van der Waals surface area contributed by atoms with Crippen LogP contribution in [0.25, 0.3) is 0 Å². The summed E-state index contributed by atoms with van der Waals surface area (Å²) in [4.78, 5) is 5.61. The molecular weight excluding hydrogens is 212 g/mol. The monoisotopic (exact) mass is 234 g/mol. The van der Waals surface area contributed by atoms with Gasteiger partial charge in [-0.25, -0.2) is 4.28 Å². The molecule has 90 valence electrons. The summed E-state index contributed by atoms with van der Waals surface area (Å²) in [5, 5.41) is 4.53. The van der Waals surface area contributed by atoms with Crippen LogP contribution in [0, 0.1) is 0 Å². The molecule has 1 saturated heterocycles. The van der Waals surface area contributed by atoms with Crippen LogP contribution < -0.4 is 0 Å². The molecule has 1 aliphatic rings. The van der Waals surface area contributed by atoms with Crippen molar-refractivity contribution in [1.29, 1.82) is 0 Å². The van der Waals surface area contributed by atoms with Crippen LogP contribution in [-0.4, -0.2) is 47.7 Å². The van der Waals surface area contributed by atoms with E-state index in [2.05, 4.69) is 27.7 Å². The van der Waals surface area contributed by atoms with Crippen LogP contribution in [0.2, 0.25) is 0 Å². The molecule has 15 heavy (non-hydrogen) atoms. The van der Waals surface area contributed by atoms with Gasteiger partial charge in [0.15, 0.2) is 0 Å². The van der Waals surface area contributed by atoms with Crippen LogP contribution in [0.4, 0.5) is 0 Å². The Hall–Kier alpha value is 0.190. The molecule has 1 heterocycles. The average molecular weight is 234 g/mol. The second-order valence-electron chi connectivity index (χ2n) is 4.23. The number of hydroxylamine groups is 4. The van der Waals surface area contributed by atoms with Crippen molar-refractivity contribution in [3.63, 3.8) is 0 Å². The van der Waals surface area contributed by atoms with E-state index >= 15 is 0 Å². The first-order chi connectivity index (χ1) is 7.08. The first-order valence-corrected chi connectivity index (χ1v) is 6.38. The number of hydrogen-bond acceptors (Lipinski definition) is 5. The largest absolute Gasteiger partial charge is 0.296 e. The van der Waals surface area contributed by atoms with Crippen molar-refractivity contribution in [3.8, 4) is 0 Å². The summed E-state index contributed by atoms with van der Waals surface area (Å²) in [5.41, 5.74) is 0. The molecule has 0 aromatic rings. The second kappa shape index (κ2) is 6.70. The van der Waals surface area contributed by atoms with Gasteiger partial charge in [0.25, 0.3) is 0 Å². The maximum absolute atomic E-state index is 5.61. The normalized spacial score (nSPS) is 20.4. The van der Waals surface area contributed by atoms with Crippen LogP contribution in [0.15, 0.2) is 0 Å². The summed E-state index contributed by atoms with van der Waals surface area (Å²) in [6.07, 6.45) is 0.266. The van der Waals surface area contributed by atoms with Crippen molar-refractivity contribution in [3.05, 3.63) is 0 Å². The average Bonchev–Trinajstić information content (AvgIpc) is 2.16. The van der Waals surface area contributed by atoms with Gasteiger partial charge in [-0.05, 0) is 13.8 Å². The minimum Gasteiger partial charge on any atom is -0.296 e. The topological polar surface area (TPSA) is 24.9 Å². The highest BCUT2D eigenvalue weighted by atomic mass is 32.2. The van der Waals surface area contributed by atoms with Crippen molar-refractivity contribution in [2.24, 2.45) is 0 Å². The van der Waals surface area contributed by atoms with Crippen LogP contribution in [0.1, 0.15) is 27.7 Å². The van der Waals surface area contributed by atoms with Crippen molar-refractivity contribution >= 4 is 12.0 Å². The van der Waals surface area contributed by atoms with E-state index in [0.717, 1.165) is 26.2 Å². The number of piperazine rings is 1. The van der Waals surface area contributed by atoms with E-state index < -0.39 is 0 Å². The third kappa shape index (κ3) is 5.73. The van der Waals surface area contributed by atoms with E-state index in [1.165, 1.54) is 12.0 Å². The zero-order valence-electron chi connectivity index (χ0n) is 10.1.